The number of amides is 2. The van der Waals surface area contributed by atoms with Gasteiger partial charge in [-0.25, -0.2) is 8.78 Å². The Kier molecular flexibility index (Phi) is 7.12. The van der Waals surface area contributed by atoms with Crippen molar-refractivity contribution in [3.05, 3.63) is 59.2 Å². The first-order chi connectivity index (χ1) is 14.3. The molecule has 1 heterocycles. The number of para-hydroxylation sites is 1. The van der Waals surface area contributed by atoms with Crippen LogP contribution in [0.15, 0.2) is 36.4 Å². The van der Waals surface area contributed by atoms with Gasteiger partial charge in [0.1, 0.15) is 26.2 Å². The van der Waals surface area contributed by atoms with Gasteiger partial charge in [-0.2, -0.15) is 0 Å². The first-order valence-corrected chi connectivity index (χ1v) is 10.1. The van der Waals surface area contributed by atoms with Crippen LogP contribution in [0.4, 0.5) is 20.2 Å². The molecular weight excluding hydrogens is 390 g/mol. The average molecular weight is 418 g/mol. The second kappa shape index (κ2) is 9.77. The molecule has 0 aromatic heterocycles. The maximum Gasteiger partial charge on any atom is 0.279 e. The van der Waals surface area contributed by atoms with E-state index in [2.05, 4.69) is 10.6 Å². The molecule has 2 aromatic rings. The number of piperazine rings is 1. The molecule has 0 spiro atoms. The van der Waals surface area contributed by atoms with E-state index < -0.39 is 11.6 Å². The van der Waals surface area contributed by atoms with Gasteiger partial charge in [0, 0.05) is 17.4 Å². The molecule has 1 fully saturated rings. The zero-order valence-electron chi connectivity index (χ0n) is 17.3. The van der Waals surface area contributed by atoms with Gasteiger partial charge in [0.05, 0.1) is 0 Å². The summed E-state index contributed by atoms with van der Waals surface area (Å²) in [6, 6.07) is 9.22. The third-order valence-corrected chi connectivity index (χ3v) is 5.43. The van der Waals surface area contributed by atoms with Gasteiger partial charge in [-0.3, -0.25) is 9.59 Å². The number of carbonyl (C=O) groups is 2. The molecule has 160 valence electrons. The summed E-state index contributed by atoms with van der Waals surface area (Å²) in [7, 11) is 0. The van der Waals surface area contributed by atoms with Gasteiger partial charge in [-0.05, 0) is 37.1 Å². The molecule has 0 atom stereocenters. The van der Waals surface area contributed by atoms with E-state index in [0.29, 0.717) is 6.54 Å². The highest BCUT2D eigenvalue weighted by Crippen LogP contribution is 2.18. The van der Waals surface area contributed by atoms with Crippen LogP contribution in [0.25, 0.3) is 0 Å². The predicted molar refractivity (Wildman–Crippen MR) is 111 cm³/mol. The highest BCUT2D eigenvalue weighted by Gasteiger charge is 2.26. The number of quaternary nitrogens is 2. The van der Waals surface area contributed by atoms with Crippen LogP contribution in [0.2, 0.25) is 0 Å². The summed E-state index contributed by atoms with van der Waals surface area (Å²) in [4.78, 5) is 26.9. The number of aryl methyl sites for hydroxylation is 2. The fourth-order valence-electron chi connectivity index (χ4n) is 3.74. The van der Waals surface area contributed by atoms with Crippen molar-refractivity contribution in [1.82, 2.24) is 0 Å². The van der Waals surface area contributed by atoms with Gasteiger partial charge in [-0.1, -0.05) is 18.2 Å². The van der Waals surface area contributed by atoms with Gasteiger partial charge in [0.2, 0.25) is 0 Å². The minimum atomic E-state index is -0.989. The van der Waals surface area contributed by atoms with Gasteiger partial charge >= 0.3 is 0 Å². The summed E-state index contributed by atoms with van der Waals surface area (Å²) in [6.07, 6.45) is 0. The van der Waals surface area contributed by atoms with Crippen LogP contribution in [0, 0.1) is 25.5 Å². The Morgan fingerprint density at radius 1 is 0.833 bits per heavy atom. The summed E-state index contributed by atoms with van der Waals surface area (Å²) in [5, 5.41) is 5.62. The summed E-state index contributed by atoms with van der Waals surface area (Å²) in [6.45, 7) is 7.69. The van der Waals surface area contributed by atoms with Crippen LogP contribution in [-0.4, -0.2) is 51.1 Å². The zero-order valence-corrected chi connectivity index (χ0v) is 17.3. The standard InChI is InChI=1S/C22H26F2N4O2/c1-15-4-3-5-16(2)22(15)26-21(30)14-28-10-8-27(9-11-28)13-20(29)25-17-6-7-18(23)19(24)12-17/h3-7,12H,8-11,13-14H2,1-2H3,(H,25,29)(H,26,30)/p+2. The quantitative estimate of drug-likeness (QED) is 0.531. The summed E-state index contributed by atoms with van der Waals surface area (Å²) < 4.78 is 26.2. The van der Waals surface area contributed by atoms with E-state index >= 15 is 0 Å². The number of hydrogen-bond acceptors (Lipinski definition) is 2. The van der Waals surface area contributed by atoms with Crippen LogP contribution in [-0.2, 0) is 9.59 Å². The lowest BCUT2D eigenvalue weighted by Gasteiger charge is -2.29. The molecule has 2 amide bonds. The highest BCUT2D eigenvalue weighted by atomic mass is 19.2. The topological polar surface area (TPSA) is 67.1 Å². The molecule has 30 heavy (non-hydrogen) atoms. The molecule has 1 aliphatic heterocycles. The van der Waals surface area contributed by atoms with Gasteiger partial charge in [-0.15, -0.1) is 0 Å². The Morgan fingerprint density at radius 2 is 1.37 bits per heavy atom. The minimum Gasteiger partial charge on any atom is -0.321 e. The molecular formula is C22H28F2N4O2+2. The lowest BCUT2D eigenvalue weighted by molar-refractivity contribution is -1.00. The minimum absolute atomic E-state index is 0.0121. The number of carbonyl (C=O) groups excluding carboxylic acids is 2. The molecule has 6 nitrogen and oxygen atoms in total. The second-order valence-corrected chi connectivity index (χ2v) is 7.85. The molecule has 0 bridgehead atoms. The first kappa shape index (κ1) is 21.9. The molecule has 3 rings (SSSR count). The van der Waals surface area contributed by atoms with Crippen LogP contribution < -0.4 is 20.4 Å². The van der Waals surface area contributed by atoms with Crippen molar-refractivity contribution in [3.63, 3.8) is 0 Å². The largest absolute Gasteiger partial charge is 0.321 e. The third kappa shape index (κ3) is 5.84. The maximum absolute atomic E-state index is 13.3. The van der Waals surface area contributed by atoms with Crippen LogP contribution in [0.3, 0.4) is 0 Å². The summed E-state index contributed by atoms with van der Waals surface area (Å²) >= 11 is 0. The Hall–Kier alpha value is -2.84. The molecule has 0 saturated carbocycles. The van der Waals surface area contributed by atoms with Gasteiger partial charge < -0.3 is 20.4 Å². The smallest absolute Gasteiger partial charge is 0.279 e. The van der Waals surface area contributed by atoms with E-state index in [1.165, 1.54) is 11.0 Å². The molecule has 0 unspecified atom stereocenters. The number of hydrogen-bond donors (Lipinski definition) is 4. The number of benzene rings is 2. The zero-order chi connectivity index (χ0) is 21.7. The fraction of sp³-hybridized carbons (Fsp3) is 0.364. The normalized spacial score (nSPS) is 18.7. The molecule has 1 saturated heterocycles. The number of nitrogens with one attached hydrogen (secondary N) is 4. The van der Waals surface area contributed by atoms with Crippen LogP contribution in [0.5, 0.6) is 0 Å². The molecule has 4 N–H and O–H groups in total. The van der Waals surface area contributed by atoms with E-state index in [0.717, 1.165) is 60.0 Å². The first-order valence-electron chi connectivity index (χ1n) is 10.1. The van der Waals surface area contributed by atoms with Crippen molar-refractivity contribution in [3.8, 4) is 0 Å². The van der Waals surface area contributed by atoms with Crippen LogP contribution in [0.1, 0.15) is 11.1 Å². The van der Waals surface area contributed by atoms with E-state index in [4.69, 9.17) is 0 Å². The number of rotatable bonds is 6. The Bertz CT molecular complexity index is 907. The molecule has 1 aliphatic rings. The average Bonchev–Trinajstić information content (AvgIpc) is 2.69. The summed E-state index contributed by atoms with van der Waals surface area (Å²) in [5.41, 5.74) is 3.20. The van der Waals surface area contributed by atoms with Gasteiger partial charge in [0.15, 0.2) is 24.7 Å². The van der Waals surface area contributed by atoms with Crippen molar-refractivity contribution in [2.45, 2.75) is 13.8 Å². The second-order valence-electron chi connectivity index (χ2n) is 7.85. The summed E-state index contributed by atoms with van der Waals surface area (Å²) in [5.74, 6) is -2.19. The highest BCUT2D eigenvalue weighted by molar-refractivity contribution is 5.93. The third-order valence-electron chi connectivity index (χ3n) is 5.43. The van der Waals surface area contributed by atoms with Crippen molar-refractivity contribution in [2.24, 2.45) is 0 Å². The van der Waals surface area contributed by atoms with Crippen molar-refractivity contribution < 1.29 is 28.2 Å². The Balaban J connectivity index is 1.42. The van der Waals surface area contributed by atoms with Crippen molar-refractivity contribution in [1.29, 1.82) is 0 Å². The van der Waals surface area contributed by atoms with Crippen molar-refractivity contribution >= 4 is 23.2 Å². The molecule has 0 aliphatic carbocycles. The molecule has 8 heteroatoms. The lowest BCUT2D eigenvalue weighted by atomic mass is 10.1. The van der Waals surface area contributed by atoms with Crippen LogP contribution >= 0.6 is 0 Å². The maximum atomic E-state index is 13.3. The van der Waals surface area contributed by atoms with Crippen molar-refractivity contribution in [2.75, 3.05) is 49.9 Å². The van der Waals surface area contributed by atoms with E-state index in [1.807, 2.05) is 32.0 Å². The molecule has 0 radical (unpaired) electrons. The van der Waals surface area contributed by atoms with Gasteiger partial charge in [0.25, 0.3) is 11.8 Å². The number of halogens is 2. The predicted octanol–water partition coefficient (Wildman–Crippen LogP) is -0.0578. The van der Waals surface area contributed by atoms with E-state index in [9.17, 15) is 18.4 Å². The SMILES string of the molecule is Cc1cccc(C)c1NC(=O)C[NH+]1CC[NH+](CC(=O)Nc2ccc(F)c(F)c2)CC1. The Labute approximate surface area is 174 Å². The monoisotopic (exact) mass is 418 g/mol. The van der Waals surface area contributed by atoms with E-state index in [-0.39, 0.29) is 24.0 Å². The van der Waals surface area contributed by atoms with E-state index in [1.54, 1.807) is 0 Å². The lowest BCUT2D eigenvalue weighted by Crippen LogP contribution is -3.28. The number of anilines is 2. The Morgan fingerprint density at radius 3 is 1.90 bits per heavy atom. The molecule has 2 aromatic carbocycles. The fourth-order valence-corrected chi connectivity index (χ4v) is 3.74.